The maximum absolute atomic E-state index is 14.4. The molecule has 1 aromatic heterocycles. The molecule has 3 heterocycles. The zero-order valence-corrected chi connectivity index (χ0v) is 27.6. The van der Waals surface area contributed by atoms with Crippen LogP contribution in [-0.4, -0.2) is 79.4 Å². The molecule has 4 aromatic rings. The second kappa shape index (κ2) is 14.7. The molecule has 6 rings (SSSR count). The van der Waals surface area contributed by atoms with Gasteiger partial charge in [0, 0.05) is 51.2 Å². The molecule has 3 aromatic carbocycles. The summed E-state index contributed by atoms with van der Waals surface area (Å²) >= 11 is 0. The van der Waals surface area contributed by atoms with Crippen molar-refractivity contribution in [2.45, 2.75) is 31.8 Å². The highest BCUT2D eigenvalue weighted by Crippen LogP contribution is 2.40. The number of pyridine rings is 1. The molecule has 2 atom stereocenters. The van der Waals surface area contributed by atoms with E-state index in [1.54, 1.807) is 44.7 Å². The Balaban J connectivity index is 1.22. The van der Waals surface area contributed by atoms with E-state index in [2.05, 4.69) is 51.3 Å². The molecular formula is C38H41N5O5. The number of amides is 3. The Morgan fingerprint density at radius 1 is 0.854 bits per heavy atom. The normalized spacial score (nSPS) is 16.0. The van der Waals surface area contributed by atoms with E-state index in [4.69, 9.17) is 9.47 Å². The topological polar surface area (TPSA) is 104 Å². The Morgan fingerprint density at radius 2 is 1.62 bits per heavy atom. The number of imide groups is 1. The van der Waals surface area contributed by atoms with Gasteiger partial charge in [-0.05, 0) is 67.3 Å². The summed E-state index contributed by atoms with van der Waals surface area (Å²) in [4.78, 5) is 51.2. The third kappa shape index (κ3) is 6.61. The van der Waals surface area contributed by atoms with Crippen molar-refractivity contribution in [3.63, 3.8) is 0 Å². The van der Waals surface area contributed by atoms with Gasteiger partial charge in [0.25, 0.3) is 17.7 Å². The fourth-order valence-electron chi connectivity index (χ4n) is 6.73. The summed E-state index contributed by atoms with van der Waals surface area (Å²) in [6.07, 6.45) is 4.08. The number of carbonyl (C=O) groups is 3. The van der Waals surface area contributed by atoms with Crippen molar-refractivity contribution in [3.05, 3.63) is 119 Å². The van der Waals surface area contributed by atoms with E-state index in [1.165, 1.54) is 16.7 Å². The number of anilines is 1. The van der Waals surface area contributed by atoms with Gasteiger partial charge in [-0.2, -0.15) is 0 Å². The molecule has 0 saturated carbocycles. The second-order valence-corrected chi connectivity index (χ2v) is 12.1. The van der Waals surface area contributed by atoms with Crippen LogP contribution in [0, 0.1) is 0 Å². The van der Waals surface area contributed by atoms with Crippen molar-refractivity contribution in [2.24, 2.45) is 0 Å². The Kier molecular flexibility index (Phi) is 10.0. The van der Waals surface area contributed by atoms with Crippen LogP contribution in [0.2, 0.25) is 0 Å². The third-order valence-corrected chi connectivity index (χ3v) is 9.38. The smallest absolute Gasteiger partial charge is 0.264 e. The summed E-state index contributed by atoms with van der Waals surface area (Å²) in [6, 6.07) is 24.6. The van der Waals surface area contributed by atoms with E-state index in [0.717, 1.165) is 37.4 Å². The van der Waals surface area contributed by atoms with Crippen molar-refractivity contribution in [3.8, 4) is 11.5 Å². The minimum atomic E-state index is -0.594. The van der Waals surface area contributed by atoms with Crippen LogP contribution >= 0.6 is 0 Å². The Hall–Kier alpha value is -5.22. The minimum absolute atomic E-state index is 0.227. The van der Waals surface area contributed by atoms with Crippen molar-refractivity contribution >= 4 is 23.4 Å². The number of ether oxygens (including phenoxy) is 2. The molecule has 2 aliphatic rings. The van der Waals surface area contributed by atoms with E-state index in [0.29, 0.717) is 47.6 Å². The largest absolute Gasteiger partial charge is 0.493 e. The van der Waals surface area contributed by atoms with Crippen molar-refractivity contribution in [1.29, 1.82) is 0 Å². The van der Waals surface area contributed by atoms with E-state index >= 15 is 0 Å². The van der Waals surface area contributed by atoms with Gasteiger partial charge in [-0.15, -0.1) is 0 Å². The maximum Gasteiger partial charge on any atom is 0.264 e. The predicted octanol–water partition coefficient (Wildman–Crippen LogP) is 5.53. The summed E-state index contributed by atoms with van der Waals surface area (Å²) in [5.74, 6) is 0.186. The monoisotopic (exact) mass is 647 g/mol. The first-order valence-electron chi connectivity index (χ1n) is 16.4. The number of hydrogen-bond donors (Lipinski definition) is 1. The van der Waals surface area contributed by atoms with Gasteiger partial charge >= 0.3 is 0 Å². The average Bonchev–Trinajstić information content (AvgIpc) is 3.40. The summed E-state index contributed by atoms with van der Waals surface area (Å²) in [5.41, 5.74) is 4.13. The number of benzene rings is 3. The number of aromatic nitrogens is 1. The molecule has 10 nitrogen and oxygen atoms in total. The van der Waals surface area contributed by atoms with Crippen LogP contribution < -0.4 is 19.7 Å². The van der Waals surface area contributed by atoms with Gasteiger partial charge in [0.05, 0.1) is 42.6 Å². The van der Waals surface area contributed by atoms with E-state index < -0.39 is 6.04 Å². The Morgan fingerprint density at radius 3 is 2.33 bits per heavy atom. The molecule has 248 valence electrons. The molecule has 0 spiro atoms. The first kappa shape index (κ1) is 32.7. The zero-order valence-electron chi connectivity index (χ0n) is 27.6. The second-order valence-electron chi connectivity index (χ2n) is 12.1. The predicted molar refractivity (Wildman–Crippen MR) is 184 cm³/mol. The van der Waals surface area contributed by atoms with Crippen LogP contribution in [0.15, 0.2) is 91.3 Å². The van der Waals surface area contributed by atoms with Crippen LogP contribution in [0.25, 0.3) is 0 Å². The van der Waals surface area contributed by atoms with E-state index in [1.807, 2.05) is 30.3 Å². The first-order valence-corrected chi connectivity index (χ1v) is 16.4. The number of fused-ring (bicyclic) bond motifs is 1. The number of hydrogen-bond acceptors (Lipinski definition) is 8. The van der Waals surface area contributed by atoms with Crippen molar-refractivity contribution in [2.75, 3.05) is 51.8 Å². The first-order chi connectivity index (χ1) is 23.4. The van der Waals surface area contributed by atoms with Crippen molar-refractivity contribution < 1.29 is 23.9 Å². The fraction of sp³-hybridized carbons (Fsp3) is 0.316. The van der Waals surface area contributed by atoms with Crippen LogP contribution in [0.1, 0.15) is 74.0 Å². The molecule has 1 saturated heterocycles. The van der Waals surface area contributed by atoms with Gasteiger partial charge in [0.2, 0.25) is 0 Å². The number of carbonyl (C=O) groups excluding carboxylic acids is 3. The van der Waals surface area contributed by atoms with Crippen LogP contribution in [-0.2, 0) is 0 Å². The lowest BCUT2D eigenvalue weighted by atomic mass is 9.99. The maximum atomic E-state index is 14.4. The molecule has 1 fully saturated rings. The van der Waals surface area contributed by atoms with Crippen LogP contribution in [0.5, 0.6) is 11.5 Å². The van der Waals surface area contributed by atoms with Gasteiger partial charge in [0.15, 0.2) is 11.5 Å². The summed E-state index contributed by atoms with van der Waals surface area (Å²) in [5, 5.41) is 2.93. The van der Waals surface area contributed by atoms with Gasteiger partial charge in [-0.1, -0.05) is 42.5 Å². The lowest BCUT2D eigenvalue weighted by Gasteiger charge is -2.39. The highest BCUT2D eigenvalue weighted by atomic mass is 16.5. The van der Waals surface area contributed by atoms with Gasteiger partial charge in [-0.3, -0.25) is 29.2 Å². The molecule has 3 amide bonds. The Bertz CT molecular complexity index is 1760. The van der Waals surface area contributed by atoms with Crippen molar-refractivity contribution in [1.82, 2.24) is 20.1 Å². The van der Waals surface area contributed by atoms with Gasteiger partial charge in [-0.25, -0.2) is 0 Å². The van der Waals surface area contributed by atoms with Crippen LogP contribution in [0.4, 0.5) is 5.69 Å². The van der Waals surface area contributed by atoms with Gasteiger partial charge < -0.3 is 19.7 Å². The number of nitrogens with zero attached hydrogens (tertiary/aromatic N) is 4. The van der Waals surface area contributed by atoms with Gasteiger partial charge in [0.1, 0.15) is 0 Å². The molecule has 1 N–H and O–H groups in total. The van der Waals surface area contributed by atoms with E-state index in [9.17, 15) is 14.4 Å². The highest BCUT2D eigenvalue weighted by Gasteiger charge is 2.43. The molecule has 0 radical (unpaired) electrons. The average molecular weight is 648 g/mol. The number of nitrogens with one attached hydrogen (secondary N) is 1. The molecular weight excluding hydrogens is 606 g/mol. The number of piperazine rings is 1. The molecule has 48 heavy (non-hydrogen) atoms. The molecule has 2 aliphatic heterocycles. The molecule has 0 aliphatic carbocycles. The number of methoxy groups -OCH3 is 2. The summed E-state index contributed by atoms with van der Waals surface area (Å²) in [6.45, 7) is 5.74. The summed E-state index contributed by atoms with van der Waals surface area (Å²) < 4.78 is 11.0. The summed E-state index contributed by atoms with van der Waals surface area (Å²) in [7, 11) is 3.12. The lowest BCUT2D eigenvalue weighted by molar-refractivity contribution is 0.0570. The Labute approximate surface area is 281 Å². The third-order valence-electron chi connectivity index (χ3n) is 9.38. The zero-order chi connectivity index (χ0) is 33.6. The quantitative estimate of drug-likeness (QED) is 0.158. The SMILES string of the molecule is COc1ccc([C@@H](CCCNC(=O)c2cccnc2)N2C(=O)c3cccc(N4CCN([C@H](C)c5ccccc5)CC4)c3C2=O)cc1OC. The fourth-order valence-corrected chi connectivity index (χ4v) is 6.73. The lowest BCUT2D eigenvalue weighted by Crippen LogP contribution is -2.47. The van der Waals surface area contributed by atoms with Crippen LogP contribution in [0.3, 0.4) is 0 Å². The van der Waals surface area contributed by atoms with E-state index in [-0.39, 0.29) is 23.8 Å². The highest BCUT2D eigenvalue weighted by molar-refractivity contribution is 6.24. The molecule has 10 heteroatoms. The molecule has 0 unspecified atom stereocenters. The minimum Gasteiger partial charge on any atom is -0.493 e. The molecule has 0 bridgehead atoms. The standard InChI is InChI=1S/C38H41N5O5/c1-26(27-10-5-4-6-11-27)41-20-22-42(23-21-41)32-14-7-13-30-35(32)38(46)43(37(30)45)31(28-16-17-33(47-2)34(24-28)48-3)15-9-19-40-36(44)29-12-8-18-39-25-29/h4-8,10-14,16-18,24-26,31H,9,15,19-23H2,1-3H3,(H,40,44)/t26-,31-/m1/s1. The number of rotatable bonds is 12.